The molecule has 3 aromatic rings. The number of anilines is 2. The Labute approximate surface area is 252 Å². The number of benzene rings is 2. The standard InChI is InChI=1S/C34H41F2N5O2/c1-6-8-21(3)23(5)43-39-22(4)24-13-15-40(16-14-24)34-29-19-26(35)18-28(33(29)37-20-38-34)25-9-11-31(30(36)17-25)41-27(7-2)10-12-32(41)42/h9,11,17-21,24,27H,5-8,10,12-16H2,1-4H3/b39-22+. The number of oxime groups is 1. The Morgan fingerprint density at radius 2 is 1.91 bits per heavy atom. The average molecular weight is 590 g/mol. The minimum absolute atomic E-state index is 0.0150. The maximum Gasteiger partial charge on any atom is 0.227 e. The summed E-state index contributed by atoms with van der Waals surface area (Å²) in [6, 6.07) is 7.54. The van der Waals surface area contributed by atoms with Crippen molar-refractivity contribution >= 4 is 34.0 Å². The molecule has 2 aliphatic rings. The lowest BCUT2D eigenvalue weighted by Gasteiger charge is -2.33. The molecule has 3 heterocycles. The number of aromatic nitrogens is 2. The summed E-state index contributed by atoms with van der Waals surface area (Å²) >= 11 is 0. The maximum absolute atomic E-state index is 15.5. The highest BCUT2D eigenvalue weighted by Gasteiger charge is 2.32. The van der Waals surface area contributed by atoms with Gasteiger partial charge in [0.25, 0.3) is 0 Å². The molecular formula is C34H41F2N5O2. The SMILES string of the molecule is C=C(O/N=C(\C)C1CCN(c2ncnc3c(-c4ccc(N5C(=O)CCC5CC)c(F)c4)cc(F)cc23)CC1)C(C)CCC. The molecule has 2 saturated heterocycles. The van der Waals surface area contributed by atoms with Crippen molar-refractivity contribution in [2.75, 3.05) is 22.9 Å². The number of rotatable bonds is 10. The molecule has 5 rings (SSSR count). The van der Waals surface area contributed by atoms with Crippen molar-refractivity contribution in [1.29, 1.82) is 0 Å². The van der Waals surface area contributed by atoms with E-state index in [-0.39, 0.29) is 29.5 Å². The highest BCUT2D eigenvalue weighted by atomic mass is 19.1. The van der Waals surface area contributed by atoms with E-state index in [0.29, 0.717) is 53.1 Å². The molecule has 0 radical (unpaired) electrons. The molecule has 43 heavy (non-hydrogen) atoms. The van der Waals surface area contributed by atoms with E-state index in [1.165, 1.54) is 24.5 Å². The number of carbonyl (C=O) groups is 1. The predicted molar refractivity (Wildman–Crippen MR) is 168 cm³/mol. The summed E-state index contributed by atoms with van der Waals surface area (Å²) in [5.41, 5.74) is 2.74. The van der Waals surface area contributed by atoms with E-state index < -0.39 is 11.6 Å². The summed E-state index contributed by atoms with van der Waals surface area (Å²) in [7, 11) is 0. The highest BCUT2D eigenvalue weighted by Crippen LogP contribution is 2.37. The van der Waals surface area contributed by atoms with E-state index >= 15 is 8.78 Å². The second-order valence-corrected chi connectivity index (χ2v) is 11.8. The summed E-state index contributed by atoms with van der Waals surface area (Å²) in [6.45, 7) is 13.7. The van der Waals surface area contributed by atoms with E-state index in [0.717, 1.165) is 44.2 Å². The number of halogens is 2. The van der Waals surface area contributed by atoms with Gasteiger partial charge in [-0.05, 0) is 68.9 Å². The Balaban J connectivity index is 1.36. The topological polar surface area (TPSA) is 70.9 Å². The summed E-state index contributed by atoms with van der Waals surface area (Å²) in [5, 5.41) is 4.96. The monoisotopic (exact) mass is 589 g/mol. The number of nitrogens with zero attached hydrogens (tertiary/aromatic N) is 5. The predicted octanol–water partition coefficient (Wildman–Crippen LogP) is 8.04. The molecule has 2 fully saturated rings. The molecule has 0 bridgehead atoms. The van der Waals surface area contributed by atoms with Gasteiger partial charge in [-0.3, -0.25) is 4.79 Å². The molecule has 0 saturated carbocycles. The van der Waals surface area contributed by atoms with Gasteiger partial charge in [0, 0.05) is 48.3 Å². The minimum Gasteiger partial charge on any atom is -0.362 e. The summed E-state index contributed by atoms with van der Waals surface area (Å²) in [6.07, 6.45) is 7.15. The molecule has 0 spiro atoms. The molecule has 0 aliphatic carbocycles. The molecule has 2 unspecified atom stereocenters. The lowest BCUT2D eigenvalue weighted by molar-refractivity contribution is -0.117. The molecule has 9 heteroatoms. The van der Waals surface area contributed by atoms with E-state index in [9.17, 15) is 4.79 Å². The Morgan fingerprint density at radius 3 is 2.60 bits per heavy atom. The van der Waals surface area contributed by atoms with Crippen LogP contribution in [0, 0.1) is 23.5 Å². The minimum atomic E-state index is -0.510. The van der Waals surface area contributed by atoms with Crippen LogP contribution in [0.2, 0.25) is 0 Å². The molecule has 228 valence electrons. The first-order valence-corrected chi connectivity index (χ1v) is 15.4. The zero-order valence-electron chi connectivity index (χ0n) is 25.6. The van der Waals surface area contributed by atoms with Crippen LogP contribution in [0.25, 0.3) is 22.0 Å². The fourth-order valence-electron chi connectivity index (χ4n) is 6.32. The number of hydrogen-bond donors (Lipinski definition) is 0. The molecule has 1 amide bonds. The third-order valence-electron chi connectivity index (χ3n) is 8.96. The number of amides is 1. The third kappa shape index (κ3) is 6.40. The zero-order chi connectivity index (χ0) is 30.7. The quantitative estimate of drug-likeness (QED) is 0.136. The Bertz CT molecular complexity index is 1530. The first-order chi connectivity index (χ1) is 20.7. The van der Waals surface area contributed by atoms with Crippen LogP contribution in [-0.4, -0.2) is 40.7 Å². The van der Waals surface area contributed by atoms with Crippen molar-refractivity contribution in [3.05, 3.63) is 60.6 Å². The van der Waals surface area contributed by atoms with Gasteiger partial charge in [0.15, 0.2) is 0 Å². The van der Waals surface area contributed by atoms with E-state index in [4.69, 9.17) is 4.84 Å². The van der Waals surface area contributed by atoms with Crippen molar-refractivity contribution in [2.45, 2.75) is 78.7 Å². The van der Waals surface area contributed by atoms with Crippen molar-refractivity contribution in [2.24, 2.45) is 17.0 Å². The lowest BCUT2D eigenvalue weighted by atomic mass is 9.92. The largest absolute Gasteiger partial charge is 0.362 e. The smallest absolute Gasteiger partial charge is 0.227 e. The van der Waals surface area contributed by atoms with Crippen LogP contribution in [-0.2, 0) is 9.63 Å². The fourth-order valence-corrected chi connectivity index (χ4v) is 6.32. The second kappa shape index (κ2) is 13.2. The van der Waals surface area contributed by atoms with Crippen LogP contribution in [0.4, 0.5) is 20.3 Å². The van der Waals surface area contributed by atoms with Gasteiger partial charge in [0.05, 0.1) is 16.9 Å². The first kappa shape index (κ1) is 30.6. The van der Waals surface area contributed by atoms with Crippen LogP contribution < -0.4 is 9.80 Å². The van der Waals surface area contributed by atoms with Crippen LogP contribution in [0.15, 0.2) is 54.2 Å². The average Bonchev–Trinajstić information content (AvgIpc) is 3.39. The molecule has 0 N–H and O–H groups in total. The number of carbonyl (C=O) groups excluding carboxylic acids is 1. The first-order valence-electron chi connectivity index (χ1n) is 15.4. The summed E-state index contributed by atoms with van der Waals surface area (Å²) in [4.78, 5) is 30.9. The maximum atomic E-state index is 15.5. The van der Waals surface area contributed by atoms with E-state index in [1.807, 2.05) is 13.8 Å². The van der Waals surface area contributed by atoms with Crippen LogP contribution in [0.1, 0.15) is 72.6 Å². The summed E-state index contributed by atoms with van der Waals surface area (Å²) in [5.74, 6) is 0.840. The van der Waals surface area contributed by atoms with Gasteiger partial charge in [0.1, 0.15) is 29.5 Å². The van der Waals surface area contributed by atoms with Gasteiger partial charge >= 0.3 is 0 Å². The van der Waals surface area contributed by atoms with Gasteiger partial charge in [0.2, 0.25) is 5.91 Å². The molecule has 2 atom stereocenters. The highest BCUT2D eigenvalue weighted by molar-refractivity contribution is 6.00. The van der Waals surface area contributed by atoms with E-state index in [2.05, 4.69) is 40.4 Å². The normalized spacial score (nSPS) is 18.9. The van der Waals surface area contributed by atoms with Gasteiger partial charge in [-0.25, -0.2) is 18.7 Å². The van der Waals surface area contributed by atoms with Gasteiger partial charge in [-0.1, -0.05) is 45.0 Å². The molecular weight excluding hydrogens is 548 g/mol. The number of fused-ring (bicyclic) bond motifs is 1. The second-order valence-electron chi connectivity index (χ2n) is 11.8. The van der Waals surface area contributed by atoms with Gasteiger partial charge < -0.3 is 14.6 Å². The molecule has 2 aromatic carbocycles. The fraction of sp³-hybridized carbons (Fsp3) is 0.471. The molecule has 7 nitrogen and oxygen atoms in total. The zero-order valence-corrected chi connectivity index (χ0v) is 25.6. The van der Waals surface area contributed by atoms with Crippen LogP contribution in [0.5, 0.6) is 0 Å². The molecule has 1 aromatic heterocycles. The van der Waals surface area contributed by atoms with Gasteiger partial charge in [-0.2, -0.15) is 0 Å². The van der Waals surface area contributed by atoms with E-state index in [1.54, 1.807) is 17.0 Å². The van der Waals surface area contributed by atoms with Crippen LogP contribution >= 0.6 is 0 Å². The van der Waals surface area contributed by atoms with Crippen LogP contribution in [0.3, 0.4) is 0 Å². The Morgan fingerprint density at radius 1 is 1.14 bits per heavy atom. The number of allylic oxidation sites excluding steroid dienone is 1. The van der Waals surface area contributed by atoms with Crippen molar-refractivity contribution < 1.29 is 18.4 Å². The van der Waals surface area contributed by atoms with Crippen molar-refractivity contribution in [1.82, 2.24) is 9.97 Å². The van der Waals surface area contributed by atoms with Crippen molar-refractivity contribution in [3.63, 3.8) is 0 Å². The third-order valence-corrected chi connectivity index (χ3v) is 8.96. The number of piperidine rings is 1. The van der Waals surface area contributed by atoms with Crippen molar-refractivity contribution in [3.8, 4) is 11.1 Å². The Hall–Kier alpha value is -3.88. The molecule has 2 aliphatic heterocycles. The van der Waals surface area contributed by atoms with Gasteiger partial charge in [-0.15, -0.1) is 0 Å². The Kier molecular flexibility index (Phi) is 9.37. The lowest BCUT2D eigenvalue weighted by Crippen LogP contribution is -2.36. The number of hydrogen-bond acceptors (Lipinski definition) is 6. The summed E-state index contributed by atoms with van der Waals surface area (Å²) < 4.78 is 30.5.